The highest BCUT2D eigenvalue weighted by Gasteiger charge is 2.28. The molecule has 0 atom stereocenters. The molecule has 2 aromatic rings. The molecule has 0 bridgehead atoms. The Hall–Kier alpha value is -2.05. The van der Waals surface area contributed by atoms with Crippen LogP contribution in [0.2, 0.25) is 0 Å². The van der Waals surface area contributed by atoms with Gasteiger partial charge in [-0.3, -0.25) is 0 Å². The number of carbonyl (C=O) groups excluding carboxylic acids is 1. The number of nitrogens with one attached hydrogen (secondary N) is 1. The van der Waals surface area contributed by atoms with Gasteiger partial charge in [0.2, 0.25) is 6.33 Å². The summed E-state index contributed by atoms with van der Waals surface area (Å²) in [7, 11) is 0. The van der Waals surface area contributed by atoms with E-state index in [0.717, 1.165) is 0 Å². The van der Waals surface area contributed by atoms with Crippen LogP contribution in [-0.4, -0.2) is 17.1 Å². The van der Waals surface area contributed by atoms with Gasteiger partial charge >= 0.3 is 6.18 Å². The van der Waals surface area contributed by atoms with E-state index in [0.29, 0.717) is 0 Å². The van der Waals surface area contributed by atoms with Gasteiger partial charge in [-0.15, -0.1) is 0 Å². The van der Waals surface area contributed by atoms with E-state index in [1.165, 1.54) is 5.52 Å². The molecule has 0 aromatic carbocycles. The number of imidazole rings is 1. The predicted octanol–water partition coefficient (Wildman–Crippen LogP) is 0.0520. The molecule has 0 spiro atoms. The van der Waals surface area contributed by atoms with Crippen LogP contribution in [0.5, 0.6) is 0 Å². The van der Waals surface area contributed by atoms with E-state index in [1.807, 2.05) is 35.3 Å². The number of carboxylic acid groups (broad SMARTS) is 1. The standard InChI is InChI=1S/C7H6N2.C2HF3O2/c1-2-4-9-6-8-5-7(9)3-1;3-2(4,5)1(6)7/h1-6H;(H,6,7). The maximum absolute atomic E-state index is 10.5. The Morgan fingerprint density at radius 3 is 2.50 bits per heavy atom. The summed E-state index contributed by atoms with van der Waals surface area (Å²) < 4.78 is 33.6. The molecule has 0 aliphatic carbocycles. The largest absolute Gasteiger partial charge is 0.542 e. The molecule has 0 aliphatic rings. The van der Waals surface area contributed by atoms with E-state index >= 15 is 0 Å². The van der Waals surface area contributed by atoms with Crippen molar-refractivity contribution in [2.24, 2.45) is 0 Å². The summed E-state index contributed by atoms with van der Waals surface area (Å²) in [5.74, 6) is -3.01. The molecule has 2 aromatic heterocycles. The third-order valence-corrected chi connectivity index (χ3v) is 1.60. The van der Waals surface area contributed by atoms with Crippen LogP contribution >= 0.6 is 0 Å². The van der Waals surface area contributed by atoms with Crippen molar-refractivity contribution < 1.29 is 27.5 Å². The smallest absolute Gasteiger partial charge is 0.430 e. The average molecular weight is 232 g/mol. The lowest BCUT2D eigenvalue weighted by Crippen LogP contribution is -2.37. The normalized spacial score (nSPS) is 10.7. The van der Waals surface area contributed by atoms with Crippen molar-refractivity contribution >= 4 is 11.5 Å². The van der Waals surface area contributed by atoms with Crippen molar-refractivity contribution in [1.82, 2.24) is 4.98 Å². The van der Waals surface area contributed by atoms with Crippen LogP contribution in [-0.2, 0) is 4.79 Å². The number of nitrogens with zero attached hydrogens (tertiary/aromatic N) is 1. The molecule has 1 N–H and O–H groups in total. The fourth-order valence-corrected chi connectivity index (χ4v) is 0.912. The maximum Gasteiger partial charge on any atom is 0.430 e. The van der Waals surface area contributed by atoms with Crippen molar-refractivity contribution in [3.8, 4) is 0 Å². The summed E-state index contributed by atoms with van der Waals surface area (Å²) >= 11 is 0. The summed E-state index contributed by atoms with van der Waals surface area (Å²) in [6, 6.07) is 6.07. The fourth-order valence-electron chi connectivity index (χ4n) is 0.912. The highest BCUT2D eigenvalue weighted by Crippen LogP contribution is 2.11. The lowest BCUT2D eigenvalue weighted by molar-refractivity contribution is -0.511. The molecule has 2 heterocycles. The molecule has 0 amide bonds. The summed E-state index contributed by atoms with van der Waals surface area (Å²) in [5.41, 5.74) is 1.19. The number of aliphatic carboxylic acids is 1. The van der Waals surface area contributed by atoms with E-state index in [4.69, 9.17) is 9.90 Å². The van der Waals surface area contributed by atoms with Gasteiger partial charge in [-0.2, -0.15) is 13.2 Å². The monoisotopic (exact) mass is 232 g/mol. The van der Waals surface area contributed by atoms with Crippen LogP contribution < -0.4 is 9.51 Å². The number of pyridine rings is 1. The van der Waals surface area contributed by atoms with Crippen LogP contribution in [0.15, 0.2) is 36.9 Å². The van der Waals surface area contributed by atoms with Crippen LogP contribution in [0.3, 0.4) is 0 Å². The second kappa shape index (κ2) is 4.65. The molecule has 0 saturated heterocycles. The van der Waals surface area contributed by atoms with Gasteiger partial charge in [-0.1, -0.05) is 6.07 Å². The van der Waals surface area contributed by atoms with Gasteiger partial charge in [0, 0.05) is 0 Å². The Morgan fingerprint density at radius 2 is 2.00 bits per heavy atom. The summed E-state index contributed by atoms with van der Waals surface area (Å²) in [4.78, 5) is 11.8. The minimum absolute atomic E-state index is 1.19. The van der Waals surface area contributed by atoms with E-state index < -0.39 is 12.1 Å². The molecule has 16 heavy (non-hydrogen) atoms. The zero-order valence-corrected chi connectivity index (χ0v) is 7.86. The number of rotatable bonds is 0. The number of aromatic amines is 1. The molecular weight excluding hydrogens is 225 g/mol. The molecule has 7 heteroatoms. The zero-order chi connectivity index (χ0) is 12.2. The Labute approximate surface area is 88.0 Å². The zero-order valence-electron chi connectivity index (χ0n) is 7.86. The molecule has 0 aliphatic heterocycles. The highest BCUT2D eigenvalue weighted by atomic mass is 19.4. The van der Waals surface area contributed by atoms with Gasteiger partial charge in [0.1, 0.15) is 12.2 Å². The lowest BCUT2D eigenvalue weighted by Gasteiger charge is -2.03. The first-order valence-corrected chi connectivity index (χ1v) is 4.12. The minimum Gasteiger partial charge on any atom is -0.542 e. The first-order chi connectivity index (χ1) is 7.41. The Bertz CT molecular complexity index is 449. The molecule has 4 nitrogen and oxygen atoms in total. The fraction of sp³-hybridized carbons (Fsp3) is 0.111. The SMILES string of the molecule is O=C([O-])C(F)(F)F.c1cc[n+]2c[nH]cc2c1. The number of carboxylic acids is 1. The van der Waals surface area contributed by atoms with E-state index in [2.05, 4.69) is 11.1 Å². The number of alkyl halides is 3. The third-order valence-electron chi connectivity index (χ3n) is 1.60. The van der Waals surface area contributed by atoms with E-state index in [-0.39, 0.29) is 0 Å². The Morgan fingerprint density at radius 1 is 1.38 bits per heavy atom. The number of H-pyrrole nitrogens is 1. The molecule has 0 unspecified atom stereocenters. The molecule has 0 fully saturated rings. The second-order valence-electron chi connectivity index (χ2n) is 2.76. The predicted molar refractivity (Wildman–Crippen MR) is 45.0 cm³/mol. The Kier molecular flexibility index (Phi) is 3.49. The van der Waals surface area contributed by atoms with Crippen molar-refractivity contribution in [3.63, 3.8) is 0 Å². The third kappa shape index (κ3) is 3.26. The molecule has 0 saturated carbocycles. The van der Waals surface area contributed by atoms with E-state index in [9.17, 15) is 13.2 Å². The van der Waals surface area contributed by atoms with Gasteiger partial charge in [0.15, 0.2) is 5.52 Å². The van der Waals surface area contributed by atoms with Crippen LogP contribution in [0.4, 0.5) is 13.2 Å². The highest BCUT2D eigenvalue weighted by molar-refractivity contribution is 5.70. The quantitative estimate of drug-likeness (QED) is 0.652. The van der Waals surface area contributed by atoms with Crippen LogP contribution in [0, 0.1) is 0 Å². The second-order valence-corrected chi connectivity index (χ2v) is 2.76. The average Bonchev–Trinajstić information content (AvgIpc) is 2.64. The van der Waals surface area contributed by atoms with Gasteiger partial charge < -0.3 is 9.90 Å². The van der Waals surface area contributed by atoms with Crippen molar-refractivity contribution in [3.05, 3.63) is 36.9 Å². The first kappa shape index (κ1) is 12.0. The number of aromatic nitrogens is 2. The minimum atomic E-state index is -5.19. The van der Waals surface area contributed by atoms with Crippen molar-refractivity contribution in [2.75, 3.05) is 0 Å². The van der Waals surface area contributed by atoms with Crippen molar-refractivity contribution in [2.45, 2.75) is 6.18 Å². The number of halogens is 3. The van der Waals surface area contributed by atoms with Crippen molar-refractivity contribution in [1.29, 1.82) is 0 Å². The van der Waals surface area contributed by atoms with Crippen LogP contribution in [0.25, 0.3) is 5.52 Å². The number of hydrogen-bond donors (Lipinski definition) is 1. The van der Waals surface area contributed by atoms with Gasteiger partial charge in [-0.25, -0.2) is 9.38 Å². The topological polar surface area (TPSA) is 60.0 Å². The van der Waals surface area contributed by atoms with Gasteiger partial charge in [-0.05, 0) is 12.1 Å². The first-order valence-electron chi connectivity index (χ1n) is 4.12. The summed E-state index contributed by atoms with van der Waals surface area (Å²) in [6.45, 7) is 0. The number of carbonyl (C=O) groups is 1. The summed E-state index contributed by atoms with van der Waals surface area (Å²) in [5, 5.41) is 8.78. The number of hydrogen-bond acceptors (Lipinski definition) is 2. The summed E-state index contributed by atoms with van der Waals surface area (Å²) in [6.07, 6.45) is 0.682. The molecule has 0 radical (unpaired) electrons. The van der Waals surface area contributed by atoms with Gasteiger partial charge in [0.25, 0.3) is 0 Å². The lowest BCUT2D eigenvalue weighted by atomic mass is 10.4. The number of fused-ring (bicyclic) bond motifs is 1. The van der Waals surface area contributed by atoms with Crippen LogP contribution in [0.1, 0.15) is 0 Å². The van der Waals surface area contributed by atoms with Gasteiger partial charge in [0.05, 0.1) is 6.20 Å². The maximum atomic E-state index is 10.5. The Balaban J connectivity index is 0.000000168. The molecular formula is C9H7F3N2O2. The molecule has 2 rings (SSSR count). The molecule has 86 valence electrons. The van der Waals surface area contributed by atoms with E-state index in [1.54, 1.807) is 0 Å².